The molecule has 7 nitrogen and oxygen atoms in total. The maximum absolute atomic E-state index is 13.6. The number of aliphatic hydroxyl groups excluding tert-OH is 1. The van der Waals surface area contributed by atoms with E-state index in [9.17, 15) is 33.0 Å². The summed E-state index contributed by atoms with van der Waals surface area (Å²) in [7, 11) is 0. The van der Waals surface area contributed by atoms with Crippen LogP contribution >= 0.6 is 11.8 Å². The van der Waals surface area contributed by atoms with Crippen molar-refractivity contribution in [3.8, 4) is 0 Å². The smallest absolute Gasteiger partial charge is 0.327 e. The summed E-state index contributed by atoms with van der Waals surface area (Å²) in [6.07, 6.45) is -0.123. The molecule has 3 fully saturated rings. The second-order valence-corrected chi connectivity index (χ2v) is 10.8. The van der Waals surface area contributed by atoms with Gasteiger partial charge in [0.2, 0.25) is 5.91 Å². The van der Waals surface area contributed by atoms with E-state index in [0.717, 1.165) is 12.1 Å². The normalized spacial score (nSPS) is 34.9. The summed E-state index contributed by atoms with van der Waals surface area (Å²) in [5.74, 6) is -6.02. The summed E-state index contributed by atoms with van der Waals surface area (Å²) in [6.45, 7) is 4.82. The summed E-state index contributed by atoms with van der Waals surface area (Å²) in [6, 6.07) is 0.756. The van der Waals surface area contributed by atoms with Crippen LogP contribution in [0.1, 0.15) is 25.8 Å². The molecule has 3 heterocycles. The van der Waals surface area contributed by atoms with Crippen LogP contribution in [0.5, 0.6) is 0 Å². The molecule has 182 valence electrons. The van der Waals surface area contributed by atoms with Gasteiger partial charge >= 0.3 is 5.97 Å². The van der Waals surface area contributed by atoms with Gasteiger partial charge in [0.1, 0.15) is 6.04 Å². The van der Waals surface area contributed by atoms with Crippen LogP contribution < -0.4 is 5.73 Å². The Bertz CT molecular complexity index is 928. The third-order valence-electron chi connectivity index (χ3n) is 7.27. The van der Waals surface area contributed by atoms with Gasteiger partial charge in [-0.1, -0.05) is 6.92 Å². The number of hydrogen-bond acceptors (Lipinski definition) is 5. The van der Waals surface area contributed by atoms with Gasteiger partial charge in [-0.15, -0.1) is 0 Å². The number of nitrogens with zero attached hydrogens (tertiary/aromatic N) is 2. The molecular formula is C22H29F3N3O4S+. The fourth-order valence-electron chi connectivity index (χ4n) is 5.74. The second kappa shape index (κ2) is 9.09. The van der Waals surface area contributed by atoms with E-state index in [4.69, 9.17) is 0 Å². The van der Waals surface area contributed by atoms with Gasteiger partial charge in [-0.3, -0.25) is 9.69 Å². The molecule has 3 unspecified atom stereocenters. The highest BCUT2D eigenvalue weighted by atomic mass is 32.2. The fourth-order valence-corrected chi connectivity index (χ4v) is 7.60. The van der Waals surface area contributed by atoms with Crippen molar-refractivity contribution in [3.05, 3.63) is 35.1 Å². The van der Waals surface area contributed by atoms with Crippen molar-refractivity contribution in [1.82, 2.24) is 9.80 Å². The van der Waals surface area contributed by atoms with Crippen LogP contribution in [0.3, 0.4) is 0 Å². The molecule has 0 radical (unpaired) electrons. The first kappa shape index (κ1) is 24.3. The zero-order valence-corrected chi connectivity index (χ0v) is 19.3. The van der Waals surface area contributed by atoms with Crippen molar-refractivity contribution in [2.75, 3.05) is 13.1 Å². The number of carboxylic acid groups (broad SMARTS) is 1. The molecule has 0 bridgehead atoms. The van der Waals surface area contributed by atoms with Gasteiger partial charge in [0.05, 0.1) is 30.7 Å². The number of carbonyl (C=O) groups excluding carboxylic acids is 1. The number of quaternary nitrogens is 1. The fraction of sp³-hybridized carbons (Fsp3) is 0.636. The average Bonchev–Trinajstić information content (AvgIpc) is 3.22. The molecule has 0 saturated carbocycles. The SMILES string of the molecule is C[C@H]1C(S[C@H]2C[C@@H](C[NH3+])N(Cc3cc(F)c(F)c(F)c3)C2)C(C(=O)O)N2C(=O)[C@H]([C@@H](C)O)C12. The van der Waals surface area contributed by atoms with Crippen LogP contribution in [0.4, 0.5) is 13.2 Å². The zero-order valence-electron chi connectivity index (χ0n) is 18.5. The van der Waals surface area contributed by atoms with Gasteiger partial charge in [0.15, 0.2) is 17.5 Å². The number of benzene rings is 1. The number of rotatable bonds is 7. The van der Waals surface area contributed by atoms with E-state index in [1.165, 1.54) is 16.7 Å². The number of carboxylic acids is 1. The quantitative estimate of drug-likeness (QED) is 0.385. The first-order valence-corrected chi connectivity index (χ1v) is 12.0. The summed E-state index contributed by atoms with van der Waals surface area (Å²) in [4.78, 5) is 28.1. The molecule has 8 atom stereocenters. The number of aliphatic carboxylic acids is 1. The number of β-lactam (4-membered cyclic amide) rings is 1. The summed E-state index contributed by atoms with van der Waals surface area (Å²) in [5.41, 5.74) is 4.29. The number of thioether (sulfide) groups is 1. The molecule has 1 aromatic carbocycles. The molecule has 3 aliphatic rings. The van der Waals surface area contributed by atoms with Gasteiger partial charge in [0.25, 0.3) is 0 Å². The van der Waals surface area contributed by atoms with Crippen molar-refractivity contribution in [2.45, 2.75) is 61.5 Å². The monoisotopic (exact) mass is 488 g/mol. The Balaban J connectivity index is 1.48. The highest BCUT2D eigenvalue weighted by molar-refractivity contribution is 8.00. The van der Waals surface area contributed by atoms with Gasteiger partial charge in [-0.2, -0.15) is 11.8 Å². The molecule has 1 amide bonds. The van der Waals surface area contributed by atoms with Crippen LogP contribution in [0.15, 0.2) is 12.1 Å². The standard InChI is InChI=1S/C22H28F3N3O4S/c1-9-18-16(10(2)29)21(30)28(18)19(22(31)32)20(9)33-13-5-12(6-26)27(8-13)7-11-3-14(23)17(25)15(24)4-11/h3-4,9-10,12-13,16,18-20,29H,5-8,26H2,1-2H3,(H,31,32)/p+1/t9-,10-,12+,13+,16-,18?,19?,20?/m1/s1. The lowest BCUT2D eigenvalue weighted by atomic mass is 9.79. The van der Waals surface area contributed by atoms with E-state index in [1.54, 1.807) is 6.92 Å². The third-order valence-corrected chi connectivity index (χ3v) is 9.00. The van der Waals surface area contributed by atoms with Crippen LogP contribution in [0, 0.1) is 29.3 Å². The number of fused-ring (bicyclic) bond motifs is 1. The Hall–Kier alpha value is -1.82. The number of carbonyl (C=O) groups is 2. The predicted molar refractivity (Wildman–Crippen MR) is 114 cm³/mol. The maximum Gasteiger partial charge on any atom is 0.327 e. The second-order valence-electron chi connectivity index (χ2n) is 9.35. The van der Waals surface area contributed by atoms with Crippen molar-refractivity contribution in [2.24, 2.45) is 11.8 Å². The van der Waals surface area contributed by atoms with Crippen molar-refractivity contribution in [1.29, 1.82) is 0 Å². The topological polar surface area (TPSA) is 109 Å². The molecule has 0 aromatic heterocycles. The van der Waals surface area contributed by atoms with E-state index in [0.29, 0.717) is 25.1 Å². The van der Waals surface area contributed by atoms with E-state index in [2.05, 4.69) is 5.73 Å². The maximum atomic E-state index is 13.6. The zero-order chi connectivity index (χ0) is 24.2. The van der Waals surface area contributed by atoms with Crippen molar-refractivity contribution >= 4 is 23.6 Å². The number of amides is 1. The van der Waals surface area contributed by atoms with Crippen LogP contribution in [-0.4, -0.2) is 79.7 Å². The molecule has 5 N–H and O–H groups in total. The van der Waals surface area contributed by atoms with Crippen molar-refractivity contribution in [3.63, 3.8) is 0 Å². The molecule has 0 spiro atoms. The Morgan fingerprint density at radius 3 is 2.48 bits per heavy atom. The highest BCUT2D eigenvalue weighted by Gasteiger charge is 2.64. The molecule has 11 heteroatoms. The van der Waals surface area contributed by atoms with Gasteiger partial charge in [0, 0.05) is 23.6 Å². The first-order valence-electron chi connectivity index (χ1n) is 11.1. The summed E-state index contributed by atoms with van der Waals surface area (Å²) < 4.78 is 40.6. The third kappa shape index (κ3) is 4.13. The van der Waals surface area contributed by atoms with Crippen molar-refractivity contribution < 1.29 is 38.7 Å². The number of aliphatic hydroxyl groups is 1. The minimum absolute atomic E-state index is 0.0301. The summed E-state index contributed by atoms with van der Waals surface area (Å²) in [5, 5.41) is 19.6. The lowest BCUT2D eigenvalue weighted by molar-refractivity contribution is -0.377. The number of hydrogen-bond donors (Lipinski definition) is 3. The number of likely N-dealkylation sites (tertiary alicyclic amines) is 1. The van der Waals surface area contributed by atoms with Crippen LogP contribution in [0.25, 0.3) is 0 Å². The Morgan fingerprint density at radius 1 is 1.30 bits per heavy atom. The Morgan fingerprint density at radius 2 is 1.94 bits per heavy atom. The molecule has 3 saturated heterocycles. The van der Waals surface area contributed by atoms with E-state index in [1.807, 2.05) is 11.8 Å². The largest absolute Gasteiger partial charge is 0.480 e. The molecule has 4 rings (SSSR count). The molecule has 0 aliphatic carbocycles. The predicted octanol–water partition coefficient (Wildman–Crippen LogP) is 0.701. The van der Waals surface area contributed by atoms with E-state index >= 15 is 0 Å². The minimum atomic E-state index is -1.49. The van der Waals surface area contributed by atoms with Gasteiger partial charge < -0.3 is 20.8 Å². The lowest BCUT2D eigenvalue weighted by Crippen LogP contribution is -2.65. The summed E-state index contributed by atoms with van der Waals surface area (Å²) >= 11 is 1.53. The van der Waals surface area contributed by atoms with Crippen LogP contribution in [0.2, 0.25) is 0 Å². The van der Waals surface area contributed by atoms with E-state index < -0.39 is 41.5 Å². The first-order chi connectivity index (χ1) is 15.5. The molecule has 1 aromatic rings. The Kier molecular flexibility index (Phi) is 6.69. The molecule has 33 heavy (non-hydrogen) atoms. The Labute approximate surface area is 194 Å². The lowest BCUT2D eigenvalue weighted by Gasteiger charge is -2.47. The average molecular weight is 489 g/mol. The minimum Gasteiger partial charge on any atom is -0.480 e. The molecule has 3 aliphatic heterocycles. The molecular weight excluding hydrogens is 459 g/mol. The van der Waals surface area contributed by atoms with Crippen LogP contribution in [-0.2, 0) is 16.1 Å². The number of halogens is 3. The highest BCUT2D eigenvalue weighted by Crippen LogP contribution is 2.50. The van der Waals surface area contributed by atoms with Gasteiger partial charge in [-0.05, 0) is 37.0 Å². The van der Waals surface area contributed by atoms with E-state index in [-0.39, 0.29) is 41.0 Å². The van der Waals surface area contributed by atoms with Gasteiger partial charge in [-0.25, -0.2) is 18.0 Å².